The van der Waals surface area contributed by atoms with Crippen LogP contribution >= 0.6 is 0 Å². The number of aliphatic hydroxyl groups is 1. The molecular weight excluding hydrogens is 339 g/mol. The molecule has 0 spiro atoms. The Bertz CT molecular complexity index is 824. The summed E-state index contributed by atoms with van der Waals surface area (Å²) in [6, 6.07) is 1.08. The van der Waals surface area contributed by atoms with Crippen molar-refractivity contribution < 1.29 is 30.9 Å². The first-order chi connectivity index (χ1) is 10.6. The molecule has 0 amide bonds. The lowest BCUT2D eigenvalue weighted by atomic mass is 10.2. The summed E-state index contributed by atoms with van der Waals surface area (Å²) in [4.78, 5) is 12.0. The zero-order valence-corrected chi connectivity index (χ0v) is 12.6. The number of hydrogen-bond acceptors (Lipinski definition) is 7. The highest BCUT2D eigenvalue weighted by molar-refractivity contribution is 7.88. The zero-order chi connectivity index (χ0) is 17.3. The molecule has 0 bridgehead atoms. The fraction of sp³-hybridized carbons (Fsp3) is 0.417. The van der Waals surface area contributed by atoms with Gasteiger partial charge in [0.1, 0.15) is 5.82 Å². The maximum atomic E-state index is 12.4. The molecule has 2 heterocycles. The Morgan fingerprint density at radius 1 is 1.30 bits per heavy atom. The molecule has 0 aliphatic carbocycles. The summed E-state index contributed by atoms with van der Waals surface area (Å²) in [6.45, 7) is 1.27. The number of rotatable bonds is 5. The van der Waals surface area contributed by atoms with E-state index in [4.69, 9.17) is 5.11 Å². The highest BCUT2D eigenvalue weighted by Gasteiger charge is 2.48. The topological polar surface area (TPSA) is 102 Å². The van der Waals surface area contributed by atoms with Gasteiger partial charge in [0.2, 0.25) is 0 Å². The van der Waals surface area contributed by atoms with Gasteiger partial charge in [-0.15, -0.1) is 0 Å². The van der Waals surface area contributed by atoms with Crippen LogP contribution in [0.25, 0.3) is 11.0 Å². The number of aromatic nitrogens is 3. The largest absolute Gasteiger partial charge is 0.534 e. The monoisotopic (exact) mass is 351 g/mol. The molecule has 0 aromatic carbocycles. The third-order valence-corrected chi connectivity index (χ3v) is 3.77. The molecule has 0 atom stereocenters. The van der Waals surface area contributed by atoms with Crippen molar-refractivity contribution >= 4 is 21.2 Å². The SMILES string of the molecule is Cc1nc2nc(CCCO)ncc2cc1OS(=O)(=O)C(F)(F)F. The van der Waals surface area contributed by atoms with Gasteiger partial charge in [0.25, 0.3) is 0 Å². The van der Waals surface area contributed by atoms with Crippen molar-refractivity contribution in [2.45, 2.75) is 25.3 Å². The summed E-state index contributed by atoms with van der Waals surface area (Å²) in [5, 5.41) is 8.99. The van der Waals surface area contributed by atoms with Crippen LogP contribution in [0.1, 0.15) is 17.9 Å². The summed E-state index contributed by atoms with van der Waals surface area (Å²) in [7, 11) is -5.77. The summed E-state index contributed by atoms with van der Waals surface area (Å²) in [5.74, 6) is -0.128. The lowest BCUT2D eigenvalue weighted by Crippen LogP contribution is -2.28. The predicted molar refractivity (Wildman–Crippen MR) is 73.1 cm³/mol. The van der Waals surface area contributed by atoms with E-state index in [0.29, 0.717) is 18.7 Å². The third kappa shape index (κ3) is 3.85. The molecule has 7 nitrogen and oxygen atoms in total. The molecule has 2 aromatic rings. The summed E-state index contributed by atoms with van der Waals surface area (Å²) >= 11 is 0. The molecular formula is C12H12F3N3O4S. The smallest absolute Gasteiger partial charge is 0.396 e. The molecule has 0 aliphatic heterocycles. The van der Waals surface area contributed by atoms with Crippen molar-refractivity contribution in [2.75, 3.05) is 6.61 Å². The fourth-order valence-electron chi connectivity index (χ4n) is 1.68. The van der Waals surface area contributed by atoms with E-state index in [-0.39, 0.29) is 23.3 Å². The van der Waals surface area contributed by atoms with Gasteiger partial charge in [0.15, 0.2) is 11.4 Å². The van der Waals surface area contributed by atoms with Gasteiger partial charge in [0, 0.05) is 24.6 Å². The van der Waals surface area contributed by atoms with E-state index in [1.807, 2.05) is 0 Å². The standard InChI is InChI=1S/C12H12F3N3O4S/c1-7-9(22-23(20,21)12(13,14)15)5-8-6-16-10(3-2-4-19)18-11(8)17-7/h5-6,19H,2-4H2,1H3. The molecule has 0 fully saturated rings. The van der Waals surface area contributed by atoms with Crippen LogP contribution in [0.3, 0.4) is 0 Å². The Balaban J connectivity index is 2.39. The molecule has 126 valence electrons. The van der Waals surface area contributed by atoms with Crippen LogP contribution in [0.4, 0.5) is 13.2 Å². The van der Waals surface area contributed by atoms with Crippen LogP contribution in [0.15, 0.2) is 12.3 Å². The Hall–Kier alpha value is -2.01. The minimum absolute atomic E-state index is 0.0318. The third-order valence-electron chi connectivity index (χ3n) is 2.80. The van der Waals surface area contributed by atoms with Gasteiger partial charge in [-0.3, -0.25) is 0 Å². The van der Waals surface area contributed by atoms with Gasteiger partial charge >= 0.3 is 15.6 Å². The maximum absolute atomic E-state index is 12.4. The van der Waals surface area contributed by atoms with E-state index in [9.17, 15) is 21.6 Å². The van der Waals surface area contributed by atoms with E-state index in [1.165, 1.54) is 13.1 Å². The Kier molecular flexibility index (Phi) is 4.71. The molecule has 0 radical (unpaired) electrons. The van der Waals surface area contributed by atoms with E-state index < -0.39 is 21.4 Å². The molecule has 23 heavy (non-hydrogen) atoms. The quantitative estimate of drug-likeness (QED) is 0.643. The molecule has 0 saturated heterocycles. The molecule has 0 aliphatic rings. The first kappa shape index (κ1) is 17.3. The highest BCUT2D eigenvalue weighted by Crippen LogP contribution is 2.29. The molecule has 0 saturated carbocycles. The lowest BCUT2D eigenvalue weighted by molar-refractivity contribution is -0.0500. The minimum atomic E-state index is -5.77. The summed E-state index contributed by atoms with van der Waals surface area (Å²) < 4.78 is 63.3. The van der Waals surface area contributed by atoms with Gasteiger partial charge in [-0.2, -0.15) is 21.6 Å². The molecule has 2 aromatic heterocycles. The highest BCUT2D eigenvalue weighted by atomic mass is 32.2. The number of halogens is 3. The maximum Gasteiger partial charge on any atom is 0.534 e. The van der Waals surface area contributed by atoms with Crippen LogP contribution in [-0.2, 0) is 16.5 Å². The van der Waals surface area contributed by atoms with Crippen LogP contribution < -0.4 is 4.18 Å². The minimum Gasteiger partial charge on any atom is -0.396 e. The Labute approximate surface area is 129 Å². The first-order valence-electron chi connectivity index (χ1n) is 6.39. The van der Waals surface area contributed by atoms with Crippen molar-refractivity contribution in [3.63, 3.8) is 0 Å². The van der Waals surface area contributed by atoms with Gasteiger partial charge in [-0.1, -0.05) is 0 Å². The summed E-state index contributed by atoms with van der Waals surface area (Å²) in [6.07, 6.45) is 2.16. The second kappa shape index (κ2) is 6.24. The summed E-state index contributed by atoms with van der Waals surface area (Å²) in [5.41, 5.74) is -5.39. The predicted octanol–water partition coefficient (Wildman–Crippen LogP) is 1.49. The van der Waals surface area contributed by atoms with Crippen molar-refractivity contribution in [1.29, 1.82) is 0 Å². The number of pyridine rings is 1. The number of aliphatic hydroxyl groups excluding tert-OH is 1. The van der Waals surface area contributed by atoms with Gasteiger partial charge in [-0.05, 0) is 19.4 Å². The first-order valence-corrected chi connectivity index (χ1v) is 7.80. The van der Waals surface area contributed by atoms with E-state index in [0.717, 1.165) is 6.07 Å². The normalized spacial score (nSPS) is 12.6. The molecule has 1 N–H and O–H groups in total. The second-order valence-electron chi connectivity index (χ2n) is 4.58. The van der Waals surface area contributed by atoms with Gasteiger partial charge in [-0.25, -0.2) is 15.0 Å². The van der Waals surface area contributed by atoms with E-state index >= 15 is 0 Å². The molecule has 2 rings (SSSR count). The van der Waals surface area contributed by atoms with E-state index in [1.54, 1.807) is 0 Å². The second-order valence-corrected chi connectivity index (χ2v) is 6.12. The van der Waals surface area contributed by atoms with Crippen LogP contribution in [-0.4, -0.2) is 40.6 Å². The number of aryl methyl sites for hydroxylation is 2. The number of nitrogens with zero attached hydrogens (tertiary/aromatic N) is 3. The average molecular weight is 351 g/mol. The fourth-order valence-corrected chi connectivity index (χ4v) is 2.18. The van der Waals surface area contributed by atoms with Crippen molar-refractivity contribution in [3.05, 3.63) is 23.8 Å². The van der Waals surface area contributed by atoms with Gasteiger partial charge < -0.3 is 9.29 Å². The Morgan fingerprint density at radius 2 is 2.00 bits per heavy atom. The van der Waals surface area contributed by atoms with Crippen LogP contribution in [0, 0.1) is 6.92 Å². The van der Waals surface area contributed by atoms with Crippen molar-refractivity contribution in [1.82, 2.24) is 15.0 Å². The molecule has 0 unspecified atom stereocenters. The van der Waals surface area contributed by atoms with Crippen molar-refractivity contribution in [2.24, 2.45) is 0 Å². The van der Waals surface area contributed by atoms with Crippen LogP contribution in [0.2, 0.25) is 0 Å². The average Bonchev–Trinajstić information content (AvgIpc) is 2.44. The molecule has 11 heteroatoms. The van der Waals surface area contributed by atoms with E-state index in [2.05, 4.69) is 19.1 Å². The number of alkyl halides is 3. The zero-order valence-electron chi connectivity index (χ0n) is 11.8. The van der Waals surface area contributed by atoms with Crippen molar-refractivity contribution in [3.8, 4) is 5.75 Å². The van der Waals surface area contributed by atoms with Crippen LogP contribution in [0.5, 0.6) is 5.75 Å². The van der Waals surface area contributed by atoms with Gasteiger partial charge in [0.05, 0.1) is 5.69 Å². The lowest BCUT2D eigenvalue weighted by Gasteiger charge is -2.11. The number of fused-ring (bicyclic) bond motifs is 1. The Morgan fingerprint density at radius 3 is 2.61 bits per heavy atom. The number of hydrogen-bond donors (Lipinski definition) is 1.